The van der Waals surface area contributed by atoms with Crippen molar-refractivity contribution >= 4 is 28.0 Å². The molecular weight excluding hydrogens is 390 g/mol. The molecule has 1 aliphatic rings. The molecule has 3 nitrogen and oxygen atoms in total. The zero-order valence-corrected chi connectivity index (χ0v) is 17.9. The van der Waals surface area contributed by atoms with E-state index < -0.39 is 0 Å². The van der Waals surface area contributed by atoms with E-state index in [4.69, 9.17) is 4.74 Å². The summed E-state index contributed by atoms with van der Waals surface area (Å²) in [7, 11) is 1.69. The Bertz CT molecular complexity index is 1250. The lowest BCUT2D eigenvalue weighted by atomic mass is 9.91. The van der Waals surface area contributed by atoms with Gasteiger partial charge in [0.2, 0.25) is 0 Å². The molecule has 1 atom stereocenters. The van der Waals surface area contributed by atoms with E-state index in [1.165, 1.54) is 32.3 Å². The van der Waals surface area contributed by atoms with Crippen LogP contribution < -0.4 is 10.1 Å². The number of thiophene rings is 1. The first-order valence-corrected chi connectivity index (χ1v) is 11.0. The lowest BCUT2D eigenvalue weighted by Crippen LogP contribution is -2.26. The molecule has 1 heterocycles. The summed E-state index contributed by atoms with van der Waals surface area (Å²) < 4.78 is 5.41. The Kier molecular flexibility index (Phi) is 4.80. The minimum atomic E-state index is -0.0740. The predicted octanol–water partition coefficient (Wildman–Crippen LogP) is 6.17. The number of hydrogen-bond acceptors (Lipinski definition) is 3. The van der Waals surface area contributed by atoms with Crippen LogP contribution in [-0.4, -0.2) is 13.0 Å². The van der Waals surface area contributed by atoms with Crippen LogP contribution in [0.5, 0.6) is 5.75 Å². The number of nitrogens with one attached hydrogen (secondary N) is 1. The molecule has 1 aliphatic carbocycles. The van der Waals surface area contributed by atoms with Gasteiger partial charge in [0.1, 0.15) is 5.75 Å². The van der Waals surface area contributed by atoms with Gasteiger partial charge in [-0.3, -0.25) is 4.79 Å². The van der Waals surface area contributed by atoms with Crippen LogP contribution >= 0.6 is 11.3 Å². The lowest BCUT2D eigenvalue weighted by molar-refractivity contribution is 0.0944. The quantitative estimate of drug-likeness (QED) is 0.435. The number of fused-ring (bicyclic) bond motifs is 4. The lowest BCUT2D eigenvalue weighted by Gasteiger charge is -2.16. The van der Waals surface area contributed by atoms with Gasteiger partial charge in [-0.25, -0.2) is 0 Å². The molecule has 1 amide bonds. The second-order valence-electron chi connectivity index (χ2n) is 7.75. The number of methoxy groups -OCH3 is 1. The van der Waals surface area contributed by atoms with E-state index in [2.05, 4.69) is 53.8 Å². The summed E-state index contributed by atoms with van der Waals surface area (Å²) in [6.07, 6.45) is 1.97. The molecule has 1 aromatic heterocycles. The third kappa shape index (κ3) is 3.27. The summed E-state index contributed by atoms with van der Waals surface area (Å²) >= 11 is 1.58. The summed E-state index contributed by atoms with van der Waals surface area (Å²) in [5.41, 5.74) is 4.91. The Balaban J connectivity index is 1.43. The highest BCUT2D eigenvalue weighted by Gasteiger charge is 2.23. The van der Waals surface area contributed by atoms with Crippen molar-refractivity contribution in [1.82, 2.24) is 5.32 Å². The van der Waals surface area contributed by atoms with Gasteiger partial charge in [0.05, 0.1) is 18.0 Å². The maximum atomic E-state index is 13.1. The van der Waals surface area contributed by atoms with Crippen molar-refractivity contribution in [2.45, 2.75) is 25.8 Å². The maximum Gasteiger partial charge on any atom is 0.261 e. The summed E-state index contributed by atoms with van der Waals surface area (Å²) in [5.74, 6) is 0.838. The molecule has 0 unspecified atom stereocenters. The van der Waals surface area contributed by atoms with Crippen molar-refractivity contribution in [1.29, 1.82) is 0 Å². The van der Waals surface area contributed by atoms with Crippen LogP contribution in [0.2, 0.25) is 0 Å². The molecule has 4 aromatic rings. The van der Waals surface area contributed by atoms with Gasteiger partial charge in [0, 0.05) is 4.88 Å². The van der Waals surface area contributed by atoms with Crippen LogP contribution in [0.15, 0.2) is 66.7 Å². The number of aryl methyl sites for hydroxylation is 2. The highest BCUT2D eigenvalue weighted by Crippen LogP contribution is 2.41. The number of ether oxygens (including phenoxy) is 1. The van der Waals surface area contributed by atoms with E-state index in [1.807, 2.05) is 25.1 Å². The smallest absolute Gasteiger partial charge is 0.261 e. The number of hydrogen-bond donors (Lipinski definition) is 1. The fourth-order valence-electron chi connectivity index (χ4n) is 4.31. The van der Waals surface area contributed by atoms with Crippen molar-refractivity contribution in [3.05, 3.63) is 88.3 Å². The van der Waals surface area contributed by atoms with Gasteiger partial charge in [-0.2, -0.15) is 0 Å². The topological polar surface area (TPSA) is 38.3 Å². The molecule has 0 radical (unpaired) electrons. The van der Waals surface area contributed by atoms with Crippen molar-refractivity contribution in [3.63, 3.8) is 0 Å². The minimum absolute atomic E-state index is 0.0146. The fourth-order valence-corrected chi connectivity index (χ4v) is 5.47. The zero-order valence-electron chi connectivity index (χ0n) is 17.1. The van der Waals surface area contributed by atoms with Crippen LogP contribution in [0, 0.1) is 0 Å². The van der Waals surface area contributed by atoms with Gasteiger partial charge >= 0.3 is 0 Å². The third-order valence-electron chi connectivity index (χ3n) is 5.90. The zero-order chi connectivity index (χ0) is 20.7. The largest absolute Gasteiger partial charge is 0.497 e. The predicted molar refractivity (Wildman–Crippen MR) is 124 cm³/mol. The van der Waals surface area contributed by atoms with Gasteiger partial charge in [0.25, 0.3) is 5.91 Å². The van der Waals surface area contributed by atoms with Gasteiger partial charge in [-0.15, -0.1) is 11.3 Å². The van der Waals surface area contributed by atoms with Crippen molar-refractivity contribution < 1.29 is 9.53 Å². The van der Waals surface area contributed by atoms with Gasteiger partial charge in [-0.1, -0.05) is 48.5 Å². The highest BCUT2D eigenvalue weighted by atomic mass is 32.1. The standard InChI is InChI=1S/C26H23NO2S/c1-16(21-9-5-7-17-6-3-4-8-22(17)21)27-26(28)24-14-19-11-10-18-12-13-20(29-2)15-23(18)25(19)30-24/h3-9,12-16H,10-11H2,1-2H3,(H,27,28)/t16-/m0/s1. The molecule has 1 N–H and O–H groups in total. The van der Waals surface area contributed by atoms with Crippen LogP contribution in [0.1, 0.15) is 39.3 Å². The molecule has 0 aliphatic heterocycles. The van der Waals surface area contributed by atoms with Crippen molar-refractivity contribution in [2.24, 2.45) is 0 Å². The average Bonchev–Trinajstić information content (AvgIpc) is 3.23. The van der Waals surface area contributed by atoms with Crippen LogP contribution in [0.4, 0.5) is 0 Å². The Hall–Kier alpha value is -3.11. The van der Waals surface area contributed by atoms with Gasteiger partial charge in [0.15, 0.2) is 0 Å². The summed E-state index contributed by atoms with van der Waals surface area (Å²) in [6, 6.07) is 22.8. The Morgan fingerprint density at radius 2 is 1.80 bits per heavy atom. The molecule has 0 spiro atoms. The Morgan fingerprint density at radius 3 is 2.67 bits per heavy atom. The van der Waals surface area contributed by atoms with E-state index in [-0.39, 0.29) is 11.9 Å². The fraction of sp³-hybridized carbons (Fsp3) is 0.192. The molecule has 0 fully saturated rings. The monoisotopic (exact) mass is 413 g/mol. The molecule has 0 bridgehead atoms. The van der Waals surface area contributed by atoms with Crippen molar-refractivity contribution in [2.75, 3.05) is 7.11 Å². The molecule has 0 saturated carbocycles. The van der Waals surface area contributed by atoms with Gasteiger partial charge in [-0.05, 0) is 71.0 Å². The first-order valence-electron chi connectivity index (χ1n) is 10.2. The first-order chi connectivity index (χ1) is 14.6. The van der Waals surface area contributed by atoms with Crippen molar-refractivity contribution in [3.8, 4) is 16.2 Å². The molecule has 150 valence electrons. The maximum absolute atomic E-state index is 13.1. The van der Waals surface area contributed by atoms with Crippen LogP contribution in [0.3, 0.4) is 0 Å². The molecular formula is C26H23NO2S. The van der Waals surface area contributed by atoms with Gasteiger partial charge < -0.3 is 10.1 Å². The number of carbonyl (C=O) groups is 1. The minimum Gasteiger partial charge on any atom is -0.497 e. The molecule has 4 heteroatoms. The molecule has 5 rings (SSSR count). The van der Waals surface area contributed by atoms with E-state index in [1.54, 1.807) is 18.4 Å². The van der Waals surface area contributed by atoms with E-state index in [0.29, 0.717) is 0 Å². The number of carbonyl (C=O) groups excluding carboxylic acids is 1. The molecule has 3 aromatic carbocycles. The van der Waals surface area contributed by atoms with E-state index in [9.17, 15) is 4.79 Å². The van der Waals surface area contributed by atoms with E-state index in [0.717, 1.165) is 29.0 Å². The summed E-state index contributed by atoms with van der Waals surface area (Å²) in [6.45, 7) is 2.05. The first kappa shape index (κ1) is 18.9. The van der Waals surface area contributed by atoms with Crippen LogP contribution in [-0.2, 0) is 12.8 Å². The number of benzene rings is 3. The average molecular weight is 414 g/mol. The normalized spacial score (nSPS) is 13.4. The summed E-state index contributed by atoms with van der Waals surface area (Å²) in [5, 5.41) is 5.58. The van der Waals surface area contributed by atoms with E-state index >= 15 is 0 Å². The Labute approximate surface area is 180 Å². The molecule has 0 saturated heterocycles. The summed E-state index contributed by atoms with van der Waals surface area (Å²) in [4.78, 5) is 15.1. The number of rotatable bonds is 4. The molecule has 30 heavy (non-hydrogen) atoms. The second-order valence-corrected chi connectivity index (χ2v) is 8.80. The number of amides is 1. The Morgan fingerprint density at radius 1 is 1.00 bits per heavy atom. The highest BCUT2D eigenvalue weighted by molar-refractivity contribution is 7.17. The SMILES string of the molecule is COc1ccc2c(c1)-c1sc(C(=O)N[C@@H](C)c3cccc4ccccc34)cc1CC2. The third-order valence-corrected chi connectivity index (χ3v) is 7.10. The second kappa shape index (κ2) is 7.62. The van der Waals surface area contributed by atoms with Crippen LogP contribution in [0.25, 0.3) is 21.2 Å².